The molecular formula is C19H22IN3O4S2. The van der Waals surface area contributed by atoms with Crippen LogP contribution in [0.15, 0.2) is 47.4 Å². The van der Waals surface area contributed by atoms with Crippen molar-refractivity contribution in [3.05, 3.63) is 51.6 Å². The van der Waals surface area contributed by atoms with Gasteiger partial charge in [-0.2, -0.15) is 0 Å². The van der Waals surface area contributed by atoms with Crippen molar-refractivity contribution in [3.8, 4) is 5.75 Å². The Morgan fingerprint density at radius 1 is 1.10 bits per heavy atom. The second kappa shape index (κ2) is 9.37. The maximum atomic E-state index is 12.3. The molecule has 3 N–H and O–H groups in total. The molecule has 0 atom stereocenters. The molecule has 10 heteroatoms. The van der Waals surface area contributed by atoms with Crippen molar-refractivity contribution in [1.29, 1.82) is 0 Å². The number of rotatable bonds is 5. The highest BCUT2D eigenvalue weighted by Crippen LogP contribution is 2.21. The molecule has 0 aliphatic carbocycles. The van der Waals surface area contributed by atoms with Gasteiger partial charge >= 0.3 is 0 Å². The topological polar surface area (TPSA) is 96.5 Å². The number of carbonyl (C=O) groups is 1. The van der Waals surface area contributed by atoms with Crippen molar-refractivity contribution >= 4 is 61.5 Å². The van der Waals surface area contributed by atoms with Gasteiger partial charge in [0.1, 0.15) is 5.75 Å². The van der Waals surface area contributed by atoms with Crippen molar-refractivity contribution in [2.24, 2.45) is 0 Å². The van der Waals surface area contributed by atoms with E-state index in [0.717, 1.165) is 3.57 Å². The van der Waals surface area contributed by atoms with Crippen LogP contribution in [-0.2, 0) is 10.0 Å². The van der Waals surface area contributed by atoms with E-state index in [-0.39, 0.29) is 15.9 Å². The van der Waals surface area contributed by atoms with Gasteiger partial charge in [-0.25, -0.2) is 13.1 Å². The van der Waals surface area contributed by atoms with E-state index < -0.39 is 15.6 Å². The molecule has 0 radical (unpaired) electrons. The Labute approximate surface area is 189 Å². The van der Waals surface area contributed by atoms with Gasteiger partial charge in [-0.1, -0.05) is 0 Å². The van der Waals surface area contributed by atoms with Crippen LogP contribution in [0.4, 0.5) is 5.69 Å². The first-order chi connectivity index (χ1) is 13.4. The van der Waals surface area contributed by atoms with Crippen LogP contribution in [0.3, 0.4) is 0 Å². The molecule has 0 saturated heterocycles. The summed E-state index contributed by atoms with van der Waals surface area (Å²) in [6, 6.07) is 11.1. The average molecular weight is 547 g/mol. The summed E-state index contributed by atoms with van der Waals surface area (Å²) in [5.74, 6) is 0.315. The number of thiocarbonyl (C=S) groups is 1. The number of hydrogen-bond donors (Lipinski definition) is 3. The zero-order valence-electron chi connectivity index (χ0n) is 16.4. The molecule has 29 heavy (non-hydrogen) atoms. The summed E-state index contributed by atoms with van der Waals surface area (Å²) in [7, 11) is -2.06. The summed E-state index contributed by atoms with van der Waals surface area (Å²) in [6.45, 7) is 5.31. The van der Waals surface area contributed by atoms with E-state index in [2.05, 4.69) is 37.9 Å². The molecule has 0 bridgehead atoms. The van der Waals surface area contributed by atoms with Crippen LogP contribution in [0.1, 0.15) is 31.1 Å². The van der Waals surface area contributed by atoms with Crippen LogP contribution < -0.4 is 20.1 Å². The lowest BCUT2D eigenvalue weighted by Gasteiger charge is -2.20. The number of benzene rings is 2. The highest BCUT2D eigenvalue weighted by atomic mass is 127. The van der Waals surface area contributed by atoms with Crippen LogP contribution in [0.5, 0.6) is 5.75 Å². The Morgan fingerprint density at radius 3 is 2.24 bits per heavy atom. The fraction of sp³-hybridized carbons (Fsp3) is 0.263. The smallest absolute Gasteiger partial charge is 0.257 e. The van der Waals surface area contributed by atoms with Crippen molar-refractivity contribution in [3.63, 3.8) is 0 Å². The molecule has 0 fully saturated rings. The summed E-state index contributed by atoms with van der Waals surface area (Å²) in [6.07, 6.45) is 0. The van der Waals surface area contributed by atoms with E-state index in [0.29, 0.717) is 17.0 Å². The van der Waals surface area contributed by atoms with Crippen LogP contribution in [0.2, 0.25) is 0 Å². The molecule has 2 aromatic carbocycles. The Hall–Kier alpha value is -1.76. The zero-order chi connectivity index (χ0) is 21.8. The summed E-state index contributed by atoms with van der Waals surface area (Å²) >= 11 is 7.25. The van der Waals surface area contributed by atoms with Gasteiger partial charge in [-0.15, -0.1) is 0 Å². The number of sulfonamides is 1. The van der Waals surface area contributed by atoms with Gasteiger partial charge in [0, 0.05) is 16.8 Å². The number of ether oxygens (including phenoxy) is 1. The first-order valence-corrected chi connectivity index (χ1v) is 11.5. The summed E-state index contributed by atoms with van der Waals surface area (Å²) in [4.78, 5) is 12.5. The Kier molecular flexibility index (Phi) is 7.60. The van der Waals surface area contributed by atoms with Crippen molar-refractivity contribution in [2.45, 2.75) is 31.2 Å². The van der Waals surface area contributed by atoms with E-state index >= 15 is 0 Å². The molecule has 2 rings (SSSR count). The van der Waals surface area contributed by atoms with Gasteiger partial charge in [0.15, 0.2) is 5.11 Å². The summed E-state index contributed by atoms with van der Waals surface area (Å²) in [5, 5.41) is 5.56. The monoisotopic (exact) mass is 547 g/mol. The Bertz CT molecular complexity index is 1020. The van der Waals surface area contributed by atoms with Crippen LogP contribution >= 0.6 is 34.8 Å². The van der Waals surface area contributed by atoms with E-state index in [1.54, 1.807) is 58.2 Å². The minimum Gasteiger partial charge on any atom is -0.496 e. The van der Waals surface area contributed by atoms with Crippen molar-refractivity contribution in [1.82, 2.24) is 10.0 Å². The fourth-order valence-corrected chi connectivity index (χ4v) is 4.69. The molecule has 156 valence electrons. The third-order valence-corrected chi connectivity index (χ3v) is 6.33. The molecule has 0 aromatic heterocycles. The molecule has 0 aliphatic heterocycles. The van der Waals surface area contributed by atoms with Gasteiger partial charge in [-0.3, -0.25) is 10.1 Å². The van der Waals surface area contributed by atoms with E-state index in [1.165, 1.54) is 12.1 Å². The largest absolute Gasteiger partial charge is 0.496 e. The molecule has 0 saturated carbocycles. The number of anilines is 1. The lowest BCUT2D eigenvalue weighted by atomic mass is 10.1. The van der Waals surface area contributed by atoms with Gasteiger partial charge in [0.2, 0.25) is 10.0 Å². The third-order valence-electron chi connectivity index (χ3n) is 3.50. The Morgan fingerprint density at radius 2 is 1.72 bits per heavy atom. The molecule has 0 aliphatic rings. The first-order valence-electron chi connectivity index (χ1n) is 8.51. The first kappa shape index (κ1) is 23.5. The highest BCUT2D eigenvalue weighted by molar-refractivity contribution is 14.1. The second-order valence-corrected chi connectivity index (χ2v) is 10.4. The van der Waals surface area contributed by atoms with Crippen LogP contribution in [0.25, 0.3) is 0 Å². The third kappa shape index (κ3) is 6.91. The normalized spacial score (nSPS) is 11.6. The lowest BCUT2D eigenvalue weighted by molar-refractivity contribution is 0.0977. The van der Waals surface area contributed by atoms with Gasteiger partial charge < -0.3 is 10.1 Å². The second-order valence-electron chi connectivity index (χ2n) is 7.14. The number of halogens is 1. The van der Waals surface area contributed by atoms with Gasteiger partial charge in [0.05, 0.1) is 15.6 Å². The number of hydrogen-bond acceptors (Lipinski definition) is 5. The number of carbonyl (C=O) groups excluding carboxylic acids is 1. The average Bonchev–Trinajstić information content (AvgIpc) is 2.60. The van der Waals surface area contributed by atoms with Gasteiger partial charge in [-0.05, 0) is 98.0 Å². The SMILES string of the molecule is COc1ccc(C(=O)NC(=S)Nc2ccc(S(=O)(=O)NC(C)(C)C)cc2)cc1I. The minimum atomic E-state index is -3.62. The van der Waals surface area contributed by atoms with E-state index in [9.17, 15) is 13.2 Å². The number of nitrogens with one attached hydrogen (secondary N) is 3. The van der Waals surface area contributed by atoms with E-state index in [4.69, 9.17) is 17.0 Å². The molecule has 1 amide bonds. The number of methoxy groups -OCH3 is 1. The van der Waals surface area contributed by atoms with Crippen LogP contribution in [-0.4, -0.2) is 32.1 Å². The maximum Gasteiger partial charge on any atom is 0.257 e. The molecule has 0 heterocycles. The predicted molar refractivity (Wildman–Crippen MR) is 126 cm³/mol. The van der Waals surface area contributed by atoms with E-state index in [1.807, 2.05) is 0 Å². The van der Waals surface area contributed by atoms with Crippen molar-refractivity contribution in [2.75, 3.05) is 12.4 Å². The van der Waals surface area contributed by atoms with Crippen LogP contribution in [0, 0.1) is 3.57 Å². The number of amides is 1. The molecule has 2 aromatic rings. The highest BCUT2D eigenvalue weighted by Gasteiger charge is 2.21. The summed E-state index contributed by atoms with van der Waals surface area (Å²) < 4.78 is 33.2. The van der Waals surface area contributed by atoms with Crippen molar-refractivity contribution < 1.29 is 17.9 Å². The van der Waals surface area contributed by atoms with Gasteiger partial charge in [0.25, 0.3) is 5.91 Å². The lowest BCUT2D eigenvalue weighted by Crippen LogP contribution is -2.40. The molecular weight excluding hydrogens is 525 g/mol. The Balaban J connectivity index is 2.02. The maximum absolute atomic E-state index is 12.3. The fourth-order valence-electron chi connectivity index (χ4n) is 2.32. The molecule has 7 nitrogen and oxygen atoms in total. The minimum absolute atomic E-state index is 0.101. The quantitative estimate of drug-likeness (QED) is 0.392. The molecule has 0 spiro atoms. The zero-order valence-corrected chi connectivity index (χ0v) is 20.2. The molecule has 0 unspecified atom stereocenters. The standard InChI is InChI=1S/C19H22IN3O4S2/c1-19(2,3)23-29(25,26)14-8-6-13(7-9-14)21-18(28)22-17(24)12-5-10-16(27-4)15(20)11-12/h5-11,23H,1-4H3,(H2,21,22,24,28). The predicted octanol–water partition coefficient (Wildman–Crippen LogP) is 3.50. The summed E-state index contributed by atoms with van der Waals surface area (Å²) in [5.41, 5.74) is 0.407.